The number of para-hydroxylation sites is 3. The monoisotopic (exact) mass is 1780 g/mol. The van der Waals surface area contributed by atoms with E-state index in [4.69, 9.17) is 0 Å². The number of fused-ring (bicyclic) bond motifs is 21. The molecule has 0 saturated heterocycles. The lowest BCUT2D eigenvalue weighted by Gasteiger charge is -2.04. The van der Waals surface area contributed by atoms with Gasteiger partial charge in [0.05, 0.1) is 77.2 Å². The molecule has 0 bridgehead atoms. The maximum atomic E-state index is 4.56. The normalized spacial score (nSPS) is 9.32. The Balaban J connectivity index is 0.000000742. The Kier molecular flexibility index (Phi) is 60.3. The van der Waals surface area contributed by atoms with Crippen LogP contribution >= 0.6 is 0 Å². The minimum absolute atomic E-state index is 0.953. The van der Waals surface area contributed by atoms with Crippen LogP contribution < -0.4 is 0 Å². The van der Waals surface area contributed by atoms with Gasteiger partial charge in [0.25, 0.3) is 0 Å². The summed E-state index contributed by atoms with van der Waals surface area (Å²) >= 11 is 0. The van der Waals surface area contributed by atoms with Crippen LogP contribution in [0.3, 0.4) is 0 Å². The van der Waals surface area contributed by atoms with Gasteiger partial charge in [0.1, 0.15) is 0 Å². The van der Waals surface area contributed by atoms with Gasteiger partial charge in [0.2, 0.25) is 0 Å². The molecular formula is C119H154N14. The smallest absolute Gasteiger partial charge is 0.0965 e. The Bertz CT molecular complexity index is 6350. The third kappa shape index (κ3) is 32.7. The molecule has 0 aliphatic rings. The van der Waals surface area contributed by atoms with Gasteiger partial charge in [-0.1, -0.05) is 326 Å². The summed E-state index contributed by atoms with van der Waals surface area (Å²) in [4.78, 5) is 62.0. The Morgan fingerprint density at radius 2 is 0.474 bits per heavy atom. The van der Waals surface area contributed by atoms with Crippen molar-refractivity contribution in [3.8, 4) is 0 Å². The van der Waals surface area contributed by atoms with Crippen LogP contribution in [0.25, 0.3) is 153 Å². The van der Waals surface area contributed by atoms with Gasteiger partial charge in [-0.3, -0.25) is 69.8 Å². The third-order valence-corrected chi connectivity index (χ3v) is 18.4. The maximum absolute atomic E-state index is 4.56. The van der Waals surface area contributed by atoms with Crippen molar-refractivity contribution >= 4 is 153 Å². The first-order valence-electron chi connectivity index (χ1n) is 48.7. The topological polar surface area (TPSA) is 180 Å². The Morgan fingerprint density at radius 3 is 1.02 bits per heavy atom. The first-order chi connectivity index (χ1) is 65.5. The van der Waals surface area contributed by atoms with E-state index in [9.17, 15) is 0 Å². The van der Waals surface area contributed by atoms with Crippen molar-refractivity contribution in [1.82, 2.24) is 69.8 Å². The average Bonchev–Trinajstić information content (AvgIpc) is 0.761. The molecule has 0 aliphatic carbocycles. The standard InChI is InChI=1S/7C13H10N2.14C2H6/c1-9-4-2-5-10-11(9)8-15-12-6-3-7-14-13(10)12;1-9-4-5-11-10(7-9)8-15-12-3-2-6-14-13(11)12;1-9-4-5-10-8-15-12-3-2-6-14-13(12)11(10)7-9;1-9-10-6-4-8-14-13(10)11-5-2-3-7-12(11)15-9;1-9-10-5-2-3-6-11(10)13-12(15-9)7-4-8-14-13;1-9-6-10-8-14-12-5-3-2-4-11(12)13(10)15-7-9;1-9-6-7-14-13-10-4-2-3-5-12(10)15-8-11(9)13;14*1-2/h7*2-8H,1H3;14*1-2H3. The molecule has 0 spiro atoms. The molecule has 21 aromatic rings. The molecular weight excluding hydrogens is 1630 g/mol. The van der Waals surface area contributed by atoms with E-state index >= 15 is 0 Å². The zero-order valence-electron chi connectivity index (χ0n) is 87.1. The summed E-state index contributed by atoms with van der Waals surface area (Å²) in [7, 11) is 0. The van der Waals surface area contributed by atoms with Crippen LogP contribution in [0.5, 0.6) is 0 Å². The number of rotatable bonds is 0. The van der Waals surface area contributed by atoms with Crippen molar-refractivity contribution in [2.75, 3.05) is 0 Å². The summed E-state index contributed by atoms with van der Waals surface area (Å²) in [5.41, 5.74) is 22.1. The predicted molar refractivity (Wildman–Crippen MR) is 591 cm³/mol. The fourth-order valence-electron chi connectivity index (χ4n) is 13.2. The van der Waals surface area contributed by atoms with Crippen molar-refractivity contribution < 1.29 is 0 Å². The Morgan fingerprint density at radius 1 is 0.150 bits per heavy atom. The summed E-state index contributed by atoms with van der Waals surface area (Å²) in [6.07, 6.45) is 22.3. The molecule has 0 atom stereocenters. The quantitative estimate of drug-likeness (QED) is 0.131. The van der Waals surface area contributed by atoms with Crippen molar-refractivity contribution in [2.24, 2.45) is 0 Å². The van der Waals surface area contributed by atoms with Gasteiger partial charge < -0.3 is 0 Å². The number of pyridine rings is 14. The van der Waals surface area contributed by atoms with Crippen molar-refractivity contribution in [2.45, 2.75) is 242 Å². The molecule has 14 aromatic heterocycles. The van der Waals surface area contributed by atoms with Crippen LogP contribution in [0.2, 0.25) is 0 Å². The van der Waals surface area contributed by atoms with Gasteiger partial charge in [0.15, 0.2) is 0 Å². The summed E-state index contributed by atoms with van der Waals surface area (Å²) in [5, 5.41) is 16.1. The number of benzene rings is 7. The summed E-state index contributed by atoms with van der Waals surface area (Å²) < 4.78 is 0. The molecule has 14 heteroatoms. The zero-order chi connectivity index (χ0) is 99.8. The van der Waals surface area contributed by atoms with E-state index in [-0.39, 0.29) is 0 Å². The molecule has 0 aliphatic heterocycles. The third-order valence-electron chi connectivity index (χ3n) is 18.4. The molecule has 0 fully saturated rings. The highest BCUT2D eigenvalue weighted by Gasteiger charge is 2.10. The first kappa shape index (κ1) is 117. The van der Waals surface area contributed by atoms with Gasteiger partial charge in [-0.25, -0.2) is 0 Å². The van der Waals surface area contributed by atoms with Crippen LogP contribution in [0.1, 0.15) is 233 Å². The Labute approximate surface area is 797 Å². The SMILES string of the molecule is CC.CC.CC.CC.CC.CC.CC.CC.CC.CC.CC.CC.CC.CC.Cc1ccc2c(cnc3cccnc32)c1.Cc1ccc2cnc3cccnc3c2c1.Cc1cccc2c1cnc1cccnc12.Cc1ccnc2c1cnc1ccccc12.Cc1cnc2c(cnc3ccccc32)c1.Cc1nc2ccccc2c2ncccc12.Cc1nc2cccnc2c2ccccc12. The molecule has 14 heterocycles. The number of aryl methyl sites for hydroxylation is 7. The van der Waals surface area contributed by atoms with E-state index in [2.05, 4.69) is 195 Å². The van der Waals surface area contributed by atoms with Crippen LogP contribution in [-0.2, 0) is 0 Å². The number of aromatic nitrogens is 14. The highest BCUT2D eigenvalue weighted by molar-refractivity contribution is 6.09. The molecule has 14 nitrogen and oxygen atoms in total. The molecule has 0 unspecified atom stereocenters. The fraction of sp³-hybridized carbons (Fsp3) is 0.294. The molecule has 133 heavy (non-hydrogen) atoms. The lowest BCUT2D eigenvalue weighted by molar-refractivity contribution is 1.27. The fourth-order valence-corrected chi connectivity index (χ4v) is 13.2. The van der Waals surface area contributed by atoms with E-state index in [0.717, 1.165) is 132 Å². The second-order valence-corrected chi connectivity index (χ2v) is 25.7. The molecule has 0 radical (unpaired) electrons. The molecule has 0 amide bonds. The second-order valence-electron chi connectivity index (χ2n) is 25.7. The summed E-state index contributed by atoms with van der Waals surface area (Å²) in [5.74, 6) is 0. The van der Waals surface area contributed by atoms with E-state index in [1.54, 1.807) is 0 Å². The van der Waals surface area contributed by atoms with Gasteiger partial charge in [-0.05, 0) is 168 Å². The molecule has 0 N–H and O–H groups in total. The molecule has 7 aromatic carbocycles. The average molecular weight is 1780 g/mol. The van der Waals surface area contributed by atoms with Gasteiger partial charge in [0, 0.05) is 161 Å². The van der Waals surface area contributed by atoms with E-state index < -0.39 is 0 Å². The summed E-state index contributed by atoms with van der Waals surface area (Å²) in [6.45, 7) is 70.5. The number of nitrogens with zero attached hydrogens (tertiary/aromatic N) is 14. The van der Waals surface area contributed by atoms with E-state index in [1.165, 1.54) is 60.1 Å². The second kappa shape index (κ2) is 68.4. The Hall–Kier alpha value is -13.7. The highest BCUT2D eigenvalue weighted by Crippen LogP contribution is 2.30. The lowest BCUT2D eigenvalue weighted by Crippen LogP contribution is -1.89. The predicted octanol–water partition coefficient (Wildman–Crippen LogP) is 36.0. The highest BCUT2D eigenvalue weighted by atomic mass is 14.8. The van der Waals surface area contributed by atoms with Crippen molar-refractivity contribution in [3.63, 3.8) is 0 Å². The molecule has 0 saturated carbocycles. The van der Waals surface area contributed by atoms with Crippen molar-refractivity contribution in [3.05, 3.63) is 338 Å². The van der Waals surface area contributed by atoms with Gasteiger partial charge in [-0.15, -0.1) is 0 Å². The first-order valence-corrected chi connectivity index (χ1v) is 48.7. The minimum atomic E-state index is 0.953. The van der Waals surface area contributed by atoms with Crippen LogP contribution in [0.4, 0.5) is 0 Å². The minimum Gasteiger partial charge on any atom is -0.255 e. The maximum Gasteiger partial charge on any atom is 0.0965 e. The summed E-state index contributed by atoms with van der Waals surface area (Å²) in [6, 6.07) is 75.3. The van der Waals surface area contributed by atoms with E-state index in [1.807, 2.05) is 416 Å². The molecule has 21 rings (SSSR count). The van der Waals surface area contributed by atoms with Crippen LogP contribution in [0.15, 0.2) is 299 Å². The number of hydrogen-bond donors (Lipinski definition) is 0. The molecule has 700 valence electrons. The van der Waals surface area contributed by atoms with Crippen molar-refractivity contribution in [1.29, 1.82) is 0 Å². The van der Waals surface area contributed by atoms with Gasteiger partial charge >= 0.3 is 0 Å². The largest absolute Gasteiger partial charge is 0.255 e. The van der Waals surface area contributed by atoms with Gasteiger partial charge in [-0.2, -0.15) is 0 Å². The lowest BCUT2D eigenvalue weighted by atomic mass is 10.1. The van der Waals surface area contributed by atoms with E-state index in [0.29, 0.717) is 0 Å². The zero-order valence-corrected chi connectivity index (χ0v) is 87.1. The van der Waals surface area contributed by atoms with Crippen LogP contribution in [-0.4, -0.2) is 69.8 Å². The van der Waals surface area contributed by atoms with Crippen LogP contribution in [0, 0.1) is 48.5 Å². The number of hydrogen-bond acceptors (Lipinski definition) is 14.